The van der Waals surface area contributed by atoms with E-state index in [0.717, 1.165) is 15.7 Å². The van der Waals surface area contributed by atoms with E-state index >= 15 is 0 Å². The first-order chi connectivity index (χ1) is 30.8. The van der Waals surface area contributed by atoms with Gasteiger partial charge in [-0.05, 0) is 98.5 Å². The number of urea groups is 1. The smallest absolute Gasteiger partial charge is 0.422 e. The highest BCUT2D eigenvalue weighted by molar-refractivity contribution is 9.10. The molecule has 65 heavy (non-hydrogen) atoms. The Balaban J connectivity index is 0.930. The van der Waals surface area contributed by atoms with Gasteiger partial charge in [0.1, 0.15) is 11.7 Å². The minimum atomic E-state index is -4.51. The molecule has 23 heteroatoms. The van der Waals surface area contributed by atoms with Crippen molar-refractivity contribution < 1.29 is 41.9 Å². The second-order valence-electron chi connectivity index (χ2n) is 17.0. The third-order valence-corrected chi connectivity index (χ3v) is 13.4. The highest BCUT2D eigenvalue weighted by atomic mass is 79.9. The van der Waals surface area contributed by atoms with Crippen molar-refractivity contribution in [1.29, 1.82) is 0 Å². The van der Waals surface area contributed by atoms with Gasteiger partial charge in [-0.15, -0.1) is 0 Å². The lowest BCUT2D eigenvalue weighted by Gasteiger charge is -2.40. The fraction of sp³-hybridized carbons (Fsp3) is 0.452. The minimum Gasteiger partial charge on any atom is -0.444 e. The van der Waals surface area contributed by atoms with Crippen molar-refractivity contribution in [1.82, 2.24) is 44.1 Å². The fourth-order valence-corrected chi connectivity index (χ4v) is 9.61. The van der Waals surface area contributed by atoms with Gasteiger partial charge in [-0.3, -0.25) is 24.3 Å². The number of ketones is 1. The Kier molecular flexibility index (Phi) is 14.4. The number of Topliss-reactive ketones (excluding diaryl/α,β-unsaturated/α-hetero) is 1. The van der Waals surface area contributed by atoms with E-state index < -0.39 is 76.0 Å². The largest absolute Gasteiger partial charge is 0.444 e. The lowest BCUT2D eigenvalue weighted by molar-refractivity contribution is -0.122. The standard InChI is InChI=1S/C42H48BrClN10O10S/c1-42(2,3)64-41(60)54-14-6-9-34(33(54)19-28(55)22-53-23-47-32-21-30(43)31(44)20-29(32)38(53)57)63-40(59)51-65(61,62)50-26-10-15-52(16-11-26)39(58)49-36-35(45-12-13-46-36)37(56)48-27-17-24-7-4-5-8-25(24)18-27/h4-5,7-8,12-13,20-21,23,26-27,33-34,50H,6,9-11,14-19,22H2,1-3H3,(H,48,56)(H,51,59)(H,46,49,58). The fourth-order valence-electron chi connectivity index (χ4n) is 8.11. The Morgan fingerprint density at radius 1 is 0.938 bits per heavy atom. The maximum atomic E-state index is 13.6. The molecule has 4 heterocycles. The van der Waals surface area contributed by atoms with Crippen molar-refractivity contribution in [3.05, 3.63) is 91.8 Å². The predicted molar refractivity (Wildman–Crippen MR) is 241 cm³/mol. The lowest BCUT2D eigenvalue weighted by atomic mass is 9.94. The summed E-state index contributed by atoms with van der Waals surface area (Å²) >= 11 is 9.51. The number of amides is 5. The zero-order valence-corrected chi connectivity index (χ0v) is 38.9. The van der Waals surface area contributed by atoms with E-state index in [0.29, 0.717) is 29.3 Å². The van der Waals surface area contributed by atoms with E-state index in [2.05, 4.69) is 46.2 Å². The molecular formula is C42H48BrClN10O10S. The average molecular weight is 1000 g/mol. The molecule has 0 spiro atoms. The van der Waals surface area contributed by atoms with E-state index in [4.69, 9.17) is 21.1 Å². The number of nitrogens with one attached hydrogen (secondary N) is 4. The summed E-state index contributed by atoms with van der Waals surface area (Å²) in [6.07, 6.45) is 2.53. The number of benzene rings is 2. The number of anilines is 1. The molecule has 3 aliphatic rings. The Morgan fingerprint density at radius 3 is 2.32 bits per heavy atom. The van der Waals surface area contributed by atoms with Crippen LogP contribution in [0.3, 0.4) is 0 Å². The molecule has 7 rings (SSSR count). The van der Waals surface area contributed by atoms with Crippen LogP contribution < -0.4 is 25.6 Å². The molecule has 4 aromatic rings. The van der Waals surface area contributed by atoms with Gasteiger partial charge < -0.3 is 24.6 Å². The molecule has 5 amide bonds. The normalized spacial score (nSPS) is 18.2. The van der Waals surface area contributed by atoms with Crippen molar-refractivity contribution in [2.24, 2.45) is 0 Å². The summed E-state index contributed by atoms with van der Waals surface area (Å²) in [5.74, 6) is -1.01. The van der Waals surface area contributed by atoms with Crippen LogP contribution in [0.2, 0.25) is 5.02 Å². The maximum absolute atomic E-state index is 13.6. The quantitative estimate of drug-likeness (QED) is 0.162. The van der Waals surface area contributed by atoms with Crippen molar-refractivity contribution >= 4 is 84.4 Å². The van der Waals surface area contributed by atoms with E-state index in [1.165, 1.54) is 34.6 Å². The maximum Gasteiger partial charge on any atom is 0.422 e. The molecule has 4 N–H and O–H groups in total. The van der Waals surface area contributed by atoms with Crippen molar-refractivity contribution in [3.63, 3.8) is 0 Å². The molecule has 2 unspecified atom stereocenters. The van der Waals surface area contributed by atoms with Gasteiger partial charge in [0.15, 0.2) is 17.3 Å². The molecule has 2 aliphatic heterocycles. The summed E-state index contributed by atoms with van der Waals surface area (Å²) in [5.41, 5.74) is 1.21. The molecule has 0 saturated carbocycles. The Morgan fingerprint density at radius 2 is 1.63 bits per heavy atom. The first-order valence-electron chi connectivity index (χ1n) is 20.9. The molecule has 1 aliphatic carbocycles. The Hall–Kier alpha value is -5.71. The van der Waals surface area contributed by atoms with Gasteiger partial charge in [0.05, 0.1) is 34.8 Å². The lowest BCUT2D eigenvalue weighted by Crippen LogP contribution is -2.56. The van der Waals surface area contributed by atoms with Crippen molar-refractivity contribution in [2.75, 3.05) is 25.0 Å². The van der Waals surface area contributed by atoms with E-state index in [1.807, 2.05) is 29.0 Å². The van der Waals surface area contributed by atoms with Crippen LogP contribution in [-0.4, -0.2) is 117 Å². The zero-order chi connectivity index (χ0) is 46.6. The van der Waals surface area contributed by atoms with Crippen molar-refractivity contribution in [2.45, 2.75) is 102 Å². The number of rotatable bonds is 11. The number of fused-ring (bicyclic) bond motifs is 2. The number of carbonyl (C=O) groups is 5. The summed E-state index contributed by atoms with van der Waals surface area (Å²) in [4.78, 5) is 95.3. The molecule has 2 saturated heterocycles. The first kappa shape index (κ1) is 47.3. The molecule has 2 aromatic carbocycles. The summed E-state index contributed by atoms with van der Waals surface area (Å²) in [6.45, 7) is 4.98. The van der Waals surface area contributed by atoms with Gasteiger partial charge in [0.2, 0.25) is 0 Å². The topological polar surface area (TPSA) is 253 Å². The predicted octanol–water partition coefficient (Wildman–Crippen LogP) is 4.48. The number of hydrogen-bond donors (Lipinski definition) is 4. The third-order valence-electron chi connectivity index (χ3n) is 11.1. The van der Waals surface area contributed by atoms with E-state index in [9.17, 15) is 37.2 Å². The van der Waals surface area contributed by atoms with Gasteiger partial charge in [-0.25, -0.2) is 34.1 Å². The SMILES string of the molecule is CC(C)(C)OC(=O)N1CCCC(OC(=O)NS(=O)(=O)NC2CCN(C(=O)Nc3nccnc3C(=O)NC3Cc4ccccc4C3)CC2)C1CC(=O)Cn1cnc2cc(Br)c(Cl)cc2c1=O. The number of nitrogens with zero attached hydrogens (tertiary/aromatic N) is 6. The minimum absolute atomic E-state index is 0.0213. The van der Waals surface area contributed by atoms with Gasteiger partial charge in [0, 0.05) is 55.0 Å². The molecule has 2 aromatic heterocycles. The van der Waals surface area contributed by atoms with Crippen LogP contribution in [0, 0.1) is 0 Å². The number of piperidine rings is 2. The molecule has 346 valence electrons. The number of aromatic nitrogens is 4. The molecule has 2 atom stereocenters. The number of likely N-dealkylation sites (tertiary alicyclic amines) is 2. The molecule has 0 bridgehead atoms. The van der Waals surface area contributed by atoms with Crippen LogP contribution in [0.25, 0.3) is 10.9 Å². The Bertz CT molecular complexity index is 2650. The second-order valence-corrected chi connectivity index (χ2v) is 19.8. The van der Waals surface area contributed by atoms with Crippen LogP contribution >= 0.6 is 27.5 Å². The van der Waals surface area contributed by atoms with Crippen LogP contribution in [0.15, 0.2) is 64.4 Å². The molecular weight excluding hydrogens is 952 g/mol. The van der Waals surface area contributed by atoms with Crippen LogP contribution in [0.4, 0.5) is 20.2 Å². The zero-order valence-electron chi connectivity index (χ0n) is 35.7. The van der Waals surface area contributed by atoms with Gasteiger partial charge in [-0.1, -0.05) is 35.9 Å². The summed E-state index contributed by atoms with van der Waals surface area (Å²) in [7, 11) is -4.51. The monoisotopic (exact) mass is 998 g/mol. The van der Waals surface area contributed by atoms with Crippen LogP contribution in [-0.2, 0) is 43.9 Å². The molecule has 20 nitrogen and oxygen atoms in total. The highest BCUT2D eigenvalue weighted by Crippen LogP contribution is 2.28. The first-order valence-corrected chi connectivity index (χ1v) is 23.6. The number of carbonyl (C=O) groups excluding carboxylic acids is 5. The number of halogens is 2. The molecule has 2 fully saturated rings. The number of ether oxygens (including phenoxy) is 2. The summed E-state index contributed by atoms with van der Waals surface area (Å²) < 4.78 is 43.5. The van der Waals surface area contributed by atoms with E-state index in [1.54, 1.807) is 26.8 Å². The van der Waals surface area contributed by atoms with Gasteiger partial charge in [-0.2, -0.15) is 13.1 Å². The van der Waals surface area contributed by atoms with Crippen LogP contribution in [0.1, 0.15) is 74.5 Å². The Labute approximate surface area is 387 Å². The second kappa shape index (κ2) is 19.8. The summed E-state index contributed by atoms with van der Waals surface area (Å²) in [6, 6.07) is 8.52. The van der Waals surface area contributed by atoms with Gasteiger partial charge >= 0.3 is 28.4 Å². The summed E-state index contributed by atoms with van der Waals surface area (Å²) in [5, 5.41) is 6.10. The molecule has 0 radical (unpaired) electrons. The highest BCUT2D eigenvalue weighted by Gasteiger charge is 2.41. The van der Waals surface area contributed by atoms with E-state index in [-0.39, 0.29) is 73.3 Å². The average Bonchev–Trinajstić information content (AvgIpc) is 3.65. The number of hydrogen-bond acceptors (Lipinski definition) is 13. The van der Waals surface area contributed by atoms with Crippen molar-refractivity contribution in [3.8, 4) is 0 Å². The van der Waals surface area contributed by atoms with Crippen LogP contribution in [0.5, 0.6) is 0 Å². The van der Waals surface area contributed by atoms with Gasteiger partial charge in [0.25, 0.3) is 11.5 Å². The third kappa shape index (κ3) is 12.0.